The maximum absolute atomic E-state index is 14.5. The minimum Gasteiger partial charge on any atom is -0.370 e. The Balaban J connectivity index is 1.54. The molecule has 2 N–H and O–H groups in total. The van der Waals surface area contributed by atoms with Crippen LogP contribution in [0.25, 0.3) is 0 Å². The lowest BCUT2D eigenvalue weighted by atomic mass is 10.1. The molecule has 0 aromatic heterocycles. The minimum absolute atomic E-state index is 0.0869. The maximum Gasteiger partial charge on any atom is 0.321 e. The van der Waals surface area contributed by atoms with Gasteiger partial charge in [-0.25, -0.2) is 9.18 Å². The molecule has 1 saturated heterocycles. The molecular weight excluding hydrogens is 395 g/mol. The molecule has 7 heteroatoms. The van der Waals surface area contributed by atoms with Crippen LogP contribution in [0.3, 0.4) is 0 Å². The van der Waals surface area contributed by atoms with Crippen molar-refractivity contribution in [1.82, 2.24) is 10.2 Å². The fourth-order valence-corrected chi connectivity index (χ4v) is 3.82. The molecule has 1 aliphatic heterocycles. The Morgan fingerprint density at radius 2 is 1.84 bits per heavy atom. The number of rotatable bonds is 7. The van der Waals surface area contributed by atoms with Crippen LogP contribution in [0.5, 0.6) is 0 Å². The lowest BCUT2D eigenvalue weighted by Gasteiger charge is -2.26. The number of hydrogen-bond donors (Lipinski definition) is 2. The first-order valence-electron chi connectivity index (χ1n) is 10.9. The van der Waals surface area contributed by atoms with Gasteiger partial charge >= 0.3 is 6.03 Å². The Hall–Kier alpha value is -3.09. The molecule has 0 spiro atoms. The van der Waals surface area contributed by atoms with Gasteiger partial charge in [0.2, 0.25) is 0 Å². The summed E-state index contributed by atoms with van der Waals surface area (Å²) >= 11 is 0. The molecule has 2 aromatic carbocycles. The second-order valence-electron chi connectivity index (χ2n) is 7.79. The molecule has 0 bridgehead atoms. The van der Waals surface area contributed by atoms with E-state index in [2.05, 4.69) is 41.5 Å². The molecule has 31 heavy (non-hydrogen) atoms. The van der Waals surface area contributed by atoms with Gasteiger partial charge in [0.05, 0.1) is 5.69 Å². The number of likely N-dealkylation sites (N-methyl/N-ethyl adjacent to an activating group) is 1. The number of anilines is 2. The van der Waals surface area contributed by atoms with Gasteiger partial charge in [-0.05, 0) is 62.9 Å². The number of amides is 3. The second-order valence-corrected chi connectivity index (χ2v) is 7.79. The van der Waals surface area contributed by atoms with Crippen molar-refractivity contribution in [2.24, 2.45) is 0 Å². The van der Waals surface area contributed by atoms with Crippen LogP contribution in [0, 0.1) is 12.7 Å². The largest absolute Gasteiger partial charge is 0.370 e. The molecule has 2 aromatic rings. The van der Waals surface area contributed by atoms with Gasteiger partial charge in [-0.1, -0.05) is 18.2 Å². The normalized spacial score (nSPS) is 13.6. The summed E-state index contributed by atoms with van der Waals surface area (Å²) in [7, 11) is 0. The third kappa shape index (κ3) is 5.96. The average molecular weight is 427 g/mol. The van der Waals surface area contributed by atoms with Gasteiger partial charge < -0.3 is 20.4 Å². The van der Waals surface area contributed by atoms with Crippen molar-refractivity contribution in [2.75, 3.05) is 42.9 Å². The number of carbonyl (C=O) groups is 2. The highest BCUT2D eigenvalue weighted by molar-refractivity contribution is 5.95. The molecule has 0 unspecified atom stereocenters. The molecule has 166 valence electrons. The third-order valence-electron chi connectivity index (χ3n) is 5.62. The number of hydrogen-bond acceptors (Lipinski definition) is 3. The summed E-state index contributed by atoms with van der Waals surface area (Å²) in [6.07, 6.45) is 3.05. The lowest BCUT2D eigenvalue weighted by Crippen LogP contribution is -2.38. The quantitative estimate of drug-likeness (QED) is 0.689. The van der Waals surface area contributed by atoms with Gasteiger partial charge in [0.15, 0.2) is 0 Å². The van der Waals surface area contributed by atoms with E-state index >= 15 is 0 Å². The molecule has 0 atom stereocenters. The summed E-state index contributed by atoms with van der Waals surface area (Å²) in [6.45, 7) is 7.42. The summed E-state index contributed by atoms with van der Waals surface area (Å²) in [5.74, 6) is -0.957. The topological polar surface area (TPSA) is 64.7 Å². The molecule has 0 radical (unpaired) electrons. The van der Waals surface area contributed by atoms with E-state index in [4.69, 9.17) is 0 Å². The van der Waals surface area contributed by atoms with Gasteiger partial charge in [-0.3, -0.25) is 4.79 Å². The summed E-state index contributed by atoms with van der Waals surface area (Å²) in [4.78, 5) is 28.6. The molecular formula is C24H31FN4O2. The van der Waals surface area contributed by atoms with E-state index in [1.54, 1.807) is 4.90 Å². The number of likely N-dealkylation sites (tertiary alicyclic amines) is 1. The zero-order valence-corrected chi connectivity index (χ0v) is 18.3. The van der Waals surface area contributed by atoms with E-state index in [-0.39, 0.29) is 23.2 Å². The highest BCUT2D eigenvalue weighted by Crippen LogP contribution is 2.19. The number of nitrogens with zero attached hydrogens (tertiary/aromatic N) is 2. The SMILES string of the molecule is CCN(CCNC(=O)c1ccc(NC(=O)N2CCCCC2)c(F)c1)c1ccccc1C. The Kier molecular flexibility index (Phi) is 7.87. The summed E-state index contributed by atoms with van der Waals surface area (Å²) in [5.41, 5.74) is 2.63. The Bertz CT molecular complexity index is 912. The molecule has 1 aliphatic rings. The van der Waals surface area contributed by atoms with Crippen molar-refractivity contribution in [3.8, 4) is 0 Å². The average Bonchev–Trinajstić information content (AvgIpc) is 2.79. The molecule has 0 aliphatic carbocycles. The monoisotopic (exact) mass is 426 g/mol. The number of piperidine rings is 1. The Labute approximate surface area is 183 Å². The van der Waals surface area contributed by atoms with Gasteiger partial charge in [0, 0.05) is 44.0 Å². The highest BCUT2D eigenvalue weighted by Gasteiger charge is 2.18. The van der Waals surface area contributed by atoms with E-state index in [1.807, 2.05) is 12.1 Å². The fraction of sp³-hybridized carbons (Fsp3) is 0.417. The molecule has 0 saturated carbocycles. The number of halogens is 1. The van der Waals surface area contributed by atoms with Crippen molar-refractivity contribution in [1.29, 1.82) is 0 Å². The number of urea groups is 1. The minimum atomic E-state index is -0.617. The van der Waals surface area contributed by atoms with Crippen LogP contribution >= 0.6 is 0 Å². The zero-order valence-electron chi connectivity index (χ0n) is 18.3. The van der Waals surface area contributed by atoms with Crippen molar-refractivity contribution in [3.05, 3.63) is 59.4 Å². The van der Waals surface area contributed by atoms with Gasteiger partial charge in [0.25, 0.3) is 5.91 Å². The number of aryl methyl sites for hydroxylation is 1. The maximum atomic E-state index is 14.5. The number of benzene rings is 2. The van der Waals surface area contributed by atoms with Gasteiger partial charge in [-0.2, -0.15) is 0 Å². The van der Waals surface area contributed by atoms with E-state index < -0.39 is 5.82 Å². The van der Waals surface area contributed by atoms with E-state index in [0.29, 0.717) is 26.2 Å². The first kappa shape index (κ1) is 22.6. The lowest BCUT2D eigenvalue weighted by molar-refractivity contribution is 0.0954. The summed E-state index contributed by atoms with van der Waals surface area (Å²) < 4.78 is 14.5. The van der Waals surface area contributed by atoms with Crippen molar-refractivity contribution >= 4 is 23.3 Å². The van der Waals surface area contributed by atoms with Crippen LogP contribution in [-0.4, -0.2) is 49.6 Å². The van der Waals surface area contributed by atoms with Gasteiger partial charge in [-0.15, -0.1) is 0 Å². The van der Waals surface area contributed by atoms with Crippen LogP contribution in [0.4, 0.5) is 20.6 Å². The van der Waals surface area contributed by atoms with Crippen LogP contribution in [0.2, 0.25) is 0 Å². The van der Waals surface area contributed by atoms with Crippen molar-refractivity contribution < 1.29 is 14.0 Å². The summed E-state index contributed by atoms with van der Waals surface area (Å²) in [5, 5.41) is 5.46. The first-order valence-corrected chi connectivity index (χ1v) is 10.9. The molecule has 1 heterocycles. The third-order valence-corrected chi connectivity index (χ3v) is 5.62. The van der Waals surface area contributed by atoms with Gasteiger partial charge in [0.1, 0.15) is 5.82 Å². The molecule has 6 nitrogen and oxygen atoms in total. The predicted molar refractivity (Wildman–Crippen MR) is 122 cm³/mol. The van der Waals surface area contributed by atoms with E-state index in [1.165, 1.54) is 23.8 Å². The van der Waals surface area contributed by atoms with Crippen LogP contribution < -0.4 is 15.5 Å². The molecule has 3 amide bonds. The Morgan fingerprint density at radius 3 is 2.52 bits per heavy atom. The van der Waals surface area contributed by atoms with Crippen LogP contribution in [-0.2, 0) is 0 Å². The number of nitrogens with one attached hydrogen (secondary N) is 2. The predicted octanol–water partition coefficient (Wildman–Crippen LogP) is 4.41. The summed E-state index contributed by atoms with van der Waals surface area (Å²) in [6, 6.07) is 12.0. The number of para-hydroxylation sites is 1. The van der Waals surface area contributed by atoms with E-state index in [0.717, 1.165) is 31.5 Å². The second kappa shape index (κ2) is 10.8. The van der Waals surface area contributed by atoms with E-state index in [9.17, 15) is 14.0 Å². The highest BCUT2D eigenvalue weighted by atomic mass is 19.1. The number of carbonyl (C=O) groups excluding carboxylic acids is 2. The van der Waals surface area contributed by atoms with Crippen LogP contribution in [0.15, 0.2) is 42.5 Å². The standard InChI is InChI=1S/C24H31FN4O2/c1-3-28(22-10-6-5-9-18(22)2)16-13-26-23(30)19-11-12-21(20(25)17-19)27-24(31)29-14-7-4-8-15-29/h5-6,9-12,17H,3-4,7-8,13-16H2,1-2H3,(H,26,30)(H,27,31). The van der Waals surface area contributed by atoms with Crippen molar-refractivity contribution in [2.45, 2.75) is 33.1 Å². The first-order chi connectivity index (χ1) is 15.0. The molecule has 1 fully saturated rings. The Morgan fingerprint density at radius 1 is 1.10 bits per heavy atom. The molecule has 3 rings (SSSR count). The fourth-order valence-electron chi connectivity index (χ4n) is 3.82. The smallest absolute Gasteiger partial charge is 0.321 e. The zero-order chi connectivity index (χ0) is 22.2. The van der Waals surface area contributed by atoms with Crippen molar-refractivity contribution in [3.63, 3.8) is 0 Å². The van der Waals surface area contributed by atoms with Crippen LogP contribution in [0.1, 0.15) is 42.1 Å².